The van der Waals surface area contributed by atoms with Gasteiger partial charge in [-0.25, -0.2) is 4.98 Å². The molecular formula is C11H21N3OS. The molecule has 2 N–H and O–H groups in total. The maximum atomic E-state index is 10.1. The molecule has 0 aliphatic rings. The molecule has 1 rings (SSSR count). The maximum absolute atomic E-state index is 10.1. The van der Waals surface area contributed by atoms with Gasteiger partial charge in [-0.3, -0.25) is 0 Å². The average molecular weight is 243 g/mol. The molecule has 1 aromatic rings. The Balaban J connectivity index is 2.54. The third kappa shape index (κ3) is 3.42. The molecule has 1 aromatic heterocycles. The van der Waals surface area contributed by atoms with E-state index < -0.39 is 5.60 Å². The summed E-state index contributed by atoms with van der Waals surface area (Å²) in [6, 6.07) is 0. The van der Waals surface area contributed by atoms with Crippen LogP contribution in [0.2, 0.25) is 0 Å². The first kappa shape index (κ1) is 13.4. The molecule has 92 valence electrons. The summed E-state index contributed by atoms with van der Waals surface area (Å²) in [6.45, 7) is 8.66. The largest absolute Gasteiger partial charge is 0.388 e. The van der Waals surface area contributed by atoms with E-state index in [9.17, 15) is 5.11 Å². The van der Waals surface area contributed by atoms with Crippen LogP contribution in [-0.4, -0.2) is 26.6 Å². The Morgan fingerprint density at radius 2 is 2.00 bits per heavy atom. The first-order valence-electron chi connectivity index (χ1n) is 5.80. The van der Waals surface area contributed by atoms with Crippen molar-refractivity contribution in [2.24, 2.45) is 0 Å². The molecule has 0 unspecified atom stereocenters. The Morgan fingerprint density at radius 1 is 1.38 bits per heavy atom. The van der Waals surface area contributed by atoms with Gasteiger partial charge >= 0.3 is 0 Å². The quantitative estimate of drug-likeness (QED) is 0.806. The van der Waals surface area contributed by atoms with Crippen molar-refractivity contribution in [3.05, 3.63) is 5.82 Å². The summed E-state index contributed by atoms with van der Waals surface area (Å²) < 4.78 is 4.25. The van der Waals surface area contributed by atoms with Crippen molar-refractivity contribution in [1.82, 2.24) is 9.36 Å². The van der Waals surface area contributed by atoms with Crippen molar-refractivity contribution in [1.29, 1.82) is 0 Å². The van der Waals surface area contributed by atoms with Crippen LogP contribution in [0.4, 0.5) is 5.13 Å². The molecule has 0 atom stereocenters. The number of hydrogen-bond acceptors (Lipinski definition) is 5. The number of rotatable bonds is 6. The van der Waals surface area contributed by atoms with Gasteiger partial charge in [0, 0.05) is 24.0 Å². The van der Waals surface area contributed by atoms with Gasteiger partial charge in [-0.2, -0.15) is 4.37 Å². The minimum atomic E-state index is -0.635. The lowest BCUT2D eigenvalue weighted by Gasteiger charge is -2.24. The molecule has 0 bridgehead atoms. The molecule has 5 heteroatoms. The smallest absolute Gasteiger partial charge is 0.202 e. The number of aromatic nitrogens is 2. The summed E-state index contributed by atoms with van der Waals surface area (Å²) in [5.41, 5.74) is -0.635. The van der Waals surface area contributed by atoms with Gasteiger partial charge in [-0.05, 0) is 12.8 Å². The highest BCUT2D eigenvalue weighted by atomic mass is 32.1. The van der Waals surface area contributed by atoms with Crippen LogP contribution in [0.3, 0.4) is 0 Å². The first-order valence-corrected chi connectivity index (χ1v) is 6.58. The fraction of sp³-hybridized carbons (Fsp3) is 0.818. The summed E-state index contributed by atoms with van der Waals surface area (Å²) in [5.74, 6) is 1.21. The minimum absolute atomic E-state index is 0.350. The second kappa shape index (κ2) is 5.59. The van der Waals surface area contributed by atoms with E-state index in [-0.39, 0.29) is 0 Å². The highest BCUT2D eigenvalue weighted by molar-refractivity contribution is 7.09. The van der Waals surface area contributed by atoms with Crippen LogP contribution in [0.25, 0.3) is 0 Å². The van der Waals surface area contributed by atoms with Crippen molar-refractivity contribution in [2.75, 3.05) is 11.9 Å². The molecule has 0 spiro atoms. The molecule has 0 aliphatic heterocycles. The Kier molecular flexibility index (Phi) is 4.68. The third-order valence-electron chi connectivity index (χ3n) is 2.84. The zero-order valence-electron chi connectivity index (χ0n) is 10.4. The molecule has 4 nitrogen and oxygen atoms in total. The van der Waals surface area contributed by atoms with Crippen LogP contribution >= 0.6 is 11.5 Å². The normalized spacial score (nSPS) is 12.1. The third-order valence-corrected chi connectivity index (χ3v) is 3.53. The summed E-state index contributed by atoms with van der Waals surface area (Å²) in [5, 5.41) is 14.1. The van der Waals surface area contributed by atoms with E-state index in [0.717, 1.165) is 23.8 Å². The number of nitrogens with zero attached hydrogens (tertiary/aromatic N) is 2. The zero-order chi connectivity index (χ0) is 12.2. The van der Waals surface area contributed by atoms with Crippen molar-refractivity contribution in [3.8, 4) is 0 Å². The van der Waals surface area contributed by atoms with Crippen LogP contribution < -0.4 is 5.32 Å². The van der Waals surface area contributed by atoms with Gasteiger partial charge in [-0.1, -0.05) is 27.7 Å². The van der Waals surface area contributed by atoms with Gasteiger partial charge < -0.3 is 10.4 Å². The highest BCUT2D eigenvalue weighted by Crippen LogP contribution is 2.20. The van der Waals surface area contributed by atoms with Crippen molar-refractivity contribution in [2.45, 2.75) is 52.1 Å². The van der Waals surface area contributed by atoms with Crippen LogP contribution in [0, 0.1) is 0 Å². The first-order chi connectivity index (χ1) is 7.50. The highest BCUT2D eigenvalue weighted by Gasteiger charge is 2.22. The fourth-order valence-corrected chi connectivity index (χ4v) is 1.98. The molecular weight excluding hydrogens is 222 g/mol. The number of nitrogens with one attached hydrogen (secondary N) is 1. The molecule has 1 heterocycles. The van der Waals surface area contributed by atoms with E-state index in [0.29, 0.717) is 12.5 Å². The van der Waals surface area contributed by atoms with Crippen LogP contribution in [0.5, 0.6) is 0 Å². The Bertz CT molecular complexity index is 321. The van der Waals surface area contributed by atoms with Crippen LogP contribution in [0.15, 0.2) is 0 Å². The monoisotopic (exact) mass is 243 g/mol. The minimum Gasteiger partial charge on any atom is -0.388 e. The van der Waals surface area contributed by atoms with Gasteiger partial charge in [0.25, 0.3) is 0 Å². The van der Waals surface area contributed by atoms with Crippen molar-refractivity contribution < 1.29 is 5.11 Å². The van der Waals surface area contributed by atoms with E-state index in [1.54, 1.807) is 0 Å². The fourth-order valence-electron chi connectivity index (χ4n) is 1.28. The van der Waals surface area contributed by atoms with E-state index >= 15 is 0 Å². The van der Waals surface area contributed by atoms with Crippen molar-refractivity contribution in [3.63, 3.8) is 0 Å². The lowest BCUT2D eigenvalue weighted by atomic mass is 9.98. The molecule has 0 fully saturated rings. The van der Waals surface area contributed by atoms with Gasteiger partial charge in [0.15, 0.2) is 0 Å². The molecule has 16 heavy (non-hydrogen) atoms. The Hall–Kier alpha value is -0.680. The van der Waals surface area contributed by atoms with E-state index in [4.69, 9.17) is 0 Å². The second-order valence-electron chi connectivity index (χ2n) is 4.40. The topological polar surface area (TPSA) is 58.0 Å². The van der Waals surface area contributed by atoms with Gasteiger partial charge in [0.05, 0.1) is 5.60 Å². The standard InChI is InChI=1S/C11H21N3OS/c1-5-11(15,6-2)7-12-10-13-9(8(3)4)14-16-10/h8,15H,5-7H2,1-4H3,(H,12,13,14). The SMILES string of the molecule is CCC(O)(CC)CNc1nc(C(C)C)ns1. The molecule has 0 radical (unpaired) electrons. The number of aliphatic hydroxyl groups is 1. The maximum Gasteiger partial charge on any atom is 0.202 e. The summed E-state index contributed by atoms with van der Waals surface area (Å²) in [6.07, 6.45) is 1.48. The second-order valence-corrected chi connectivity index (χ2v) is 5.15. The molecule has 0 saturated heterocycles. The predicted octanol–water partition coefficient (Wildman–Crippen LogP) is 2.62. The summed E-state index contributed by atoms with van der Waals surface area (Å²) >= 11 is 1.36. The zero-order valence-corrected chi connectivity index (χ0v) is 11.3. The molecule has 0 aliphatic carbocycles. The van der Waals surface area contributed by atoms with Crippen molar-refractivity contribution >= 4 is 16.7 Å². The van der Waals surface area contributed by atoms with E-state index in [1.165, 1.54) is 11.5 Å². The lowest BCUT2D eigenvalue weighted by Crippen LogP contribution is -2.35. The number of anilines is 1. The Morgan fingerprint density at radius 3 is 2.44 bits per heavy atom. The lowest BCUT2D eigenvalue weighted by molar-refractivity contribution is 0.0457. The van der Waals surface area contributed by atoms with Gasteiger partial charge in [0.2, 0.25) is 5.13 Å². The predicted molar refractivity (Wildman–Crippen MR) is 68.0 cm³/mol. The molecule has 0 amide bonds. The van der Waals surface area contributed by atoms with Gasteiger partial charge in [0.1, 0.15) is 5.82 Å². The average Bonchev–Trinajstić information content (AvgIpc) is 2.75. The van der Waals surface area contributed by atoms with Crippen LogP contribution in [-0.2, 0) is 0 Å². The molecule has 0 aromatic carbocycles. The Labute approximate surface area is 101 Å². The van der Waals surface area contributed by atoms with Gasteiger partial charge in [-0.15, -0.1) is 0 Å². The van der Waals surface area contributed by atoms with E-state index in [2.05, 4.69) is 28.5 Å². The molecule has 0 saturated carbocycles. The van der Waals surface area contributed by atoms with Crippen LogP contribution in [0.1, 0.15) is 52.3 Å². The van der Waals surface area contributed by atoms with E-state index in [1.807, 2.05) is 13.8 Å². The summed E-state index contributed by atoms with van der Waals surface area (Å²) in [4.78, 5) is 4.37. The summed E-state index contributed by atoms with van der Waals surface area (Å²) in [7, 11) is 0. The number of hydrogen-bond donors (Lipinski definition) is 2.